The lowest BCUT2D eigenvalue weighted by Gasteiger charge is -2.09. The van der Waals surface area contributed by atoms with Crippen LogP contribution in [0.1, 0.15) is 38.3 Å². The van der Waals surface area contributed by atoms with Gasteiger partial charge in [-0.3, -0.25) is 9.59 Å². The third-order valence-electron chi connectivity index (χ3n) is 5.61. The van der Waals surface area contributed by atoms with E-state index in [0.717, 1.165) is 0 Å². The maximum absolute atomic E-state index is 13.3. The smallest absolute Gasteiger partial charge is 0.185 e. The van der Waals surface area contributed by atoms with Crippen molar-refractivity contribution in [3.05, 3.63) is 143 Å². The van der Waals surface area contributed by atoms with Gasteiger partial charge in [-0.1, -0.05) is 60.7 Å². The Bertz CT molecular complexity index is 1390. The van der Waals surface area contributed by atoms with E-state index in [9.17, 15) is 18.4 Å². The number of benzene rings is 4. The fourth-order valence-electron chi connectivity index (χ4n) is 3.67. The van der Waals surface area contributed by atoms with Gasteiger partial charge in [0, 0.05) is 17.5 Å². The summed E-state index contributed by atoms with van der Waals surface area (Å²) in [6.45, 7) is 0.734. The van der Waals surface area contributed by atoms with Gasteiger partial charge in [-0.2, -0.15) is 0 Å². The molecule has 0 unspecified atom stereocenters. The number of ether oxygens (including phenoxy) is 2. The number of halogens is 2. The van der Waals surface area contributed by atoms with Gasteiger partial charge in [-0.15, -0.1) is 0 Å². The average Bonchev–Trinajstić information content (AvgIpc) is 2.95. The van der Waals surface area contributed by atoms with Gasteiger partial charge in [0.05, 0.1) is 13.2 Å². The van der Waals surface area contributed by atoms with Crippen LogP contribution in [0.2, 0.25) is 0 Å². The Morgan fingerprint density at radius 2 is 1.03 bits per heavy atom. The highest BCUT2D eigenvalue weighted by Crippen LogP contribution is 2.17. The zero-order chi connectivity index (χ0) is 27.5. The summed E-state index contributed by atoms with van der Waals surface area (Å²) in [5.41, 5.74) is 2.13. The normalized spacial score (nSPS) is 11.1. The van der Waals surface area contributed by atoms with Gasteiger partial charge in [-0.05, 0) is 71.8 Å². The Hall–Kier alpha value is -4.84. The van der Waals surface area contributed by atoms with Crippen LogP contribution in [0, 0.1) is 11.6 Å². The molecule has 0 atom stereocenters. The molecule has 0 radical (unpaired) electrons. The fourth-order valence-corrected chi connectivity index (χ4v) is 3.67. The molecule has 0 saturated heterocycles. The lowest BCUT2D eigenvalue weighted by molar-refractivity contribution is 0.103. The minimum atomic E-state index is -0.361. The summed E-state index contributed by atoms with van der Waals surface area (Å²) in [5, 5.41) is 0. The van der Waals surface area contributed by atoms with Crippen LogP contribution in [0.3, 0.4) is 0 Å². The molecule has 4 aromatic rings. The van der Waals surface area contributed by atoms with Crippen LogP contribution < -0.4 is 9.47 Å². The highest BCUT2D eigenvalue weighted by atomic mass is 19.1. The number of carbonyl (C=O) groups is 2. The Morgan fingerprint density at radius 1 is 0.590 bits per heavy atom. The molecule has 0 saturated carbocycles. The van der Waals surface area contributed by atoms with Crippen molar-refractivity contribution in [3.63, 3.8) is 0 Å². The zero-order valence-corrected chi connectivity index (χ0v) is 21.1. The molecular weight excluding hydrogens is 498 g/mol. The van der Waals surface area contributed by atoms with E-state index in [1.807, 2.05) is 0 Å². The van der Waals surface area contributed by atoms with Crippen molar-refractivity contribution in [2.45, 2.75) is 6.42 Å². The molecule has 39 heavy (non-hydrogen) atoms. The van der Waals surface area contributed by atoms with E-state index in [0.29, 0.717) is 53.4 Å². The molecule has 0 N–H and O–H groups in total. The SMILES string of the molecule is O=C(/C=C/c1cccc(F)c1)c1cccc(OCCCOc2cccc(C(=O)/C=C/c3cccc(F)c3)c2)c1. The molecule has 0 aliphatic heterocycles. The second-order valence-electron chi connectivity index (χ2n) is 8.61. The number of carbonyl (C=O) groups excluding carboxylic acids is 2. The van der Waals surface area contributed by atoms with Crippen molar-refractivity contribution in [1.29, 1.82) is 0 Å². The molecule has 0 heterocycles. The van der Waals surface area contributed by atoms with E-state index in [1.165, 1.54) is 36.4 Å². The van der Waals surface area contributed by atoms with Crippen LogP contribution in [0.5, 0.6) is 11.5 Å². The topological polar surface area (TPSA) is 52.6 Å². The third-order valence-corrected chi connectivity index (χ3v) is 5.61. The molecule has 0 aliphatic rings. The third kappa shape index (κ3) is 8.61. The Morgan fingerprint density at radius 3 is 1.46 bits per heavy atom. The molecule has 4 nitrogen and oxygen atoms in total. The monoisotopic (exact) mass is 524 g/mol. The van der Waals surface area contributed by atoms with E-state index < -0.39 is 0 Å². The van der Waals surface area contributed by atoms with Crippen LogP contribution in [-0.2, 0) is 0 Å². The van der Waals surface area contributed by atoms with Gasteiger partial charge in [0.1, 0.15) is 23.1 Å². The summed E-state index contributed by atoms with van der Waals surface area (Å²) >= 11 is 0. The highest BCUT2D eigenvalue weighted by molar-refractivity contribution is 6.07. The molecule has 196 valence electrons. The molecule has 0 aromatic heterocycles. The lowest BCUT2D eigenvalue weighted by atomic mass is 10.1. The summed E-state index contributed by atoms with van der Waals surface area (Å²) in [7, 11) is 0. The Labute approximate surface area is 225 Å². The molecule has 6 heteroatoms. The Balaban J connectivity index is 1.23. The number of allylic oxidation sites excluding steroid dienone is 2. The second-order valence-corrected chi connectivity index (χ2v) is 8.61. The van der Waals surface area contributed by atoms with Crippen LogP contribution in [0.4, 0.5) is 8.78 Å². The van der Waals surface area contributed by atoms with E-state index >= 15 is 0 Å². The molecule has 0 amide bonds. The Kier molecular flexibility index (Phi) is 9.51. The van der Waals surface area contributed by atoms with Crippen LogP contribution in [0.25, 0.3) is 12.2 Å². The van der Waals surface area contributed by atoms with Gasteiger partial charge in [0.2, 0.25) is 0 Å². The molecular formula is C33H26F2O4. The van der Waals surface area contributed by atoms with Crippen molar-refractivity contribution < 1.29 is 27.8 Å². The van der Waals surface area contributed by atoms with Gasteiger partial charge < -0.3 is 9.47 Å². The summed E-state index contributed by atoms with van der Waals surface area (Å²) in [4.78, 5) is 25.0. The lowest BCUT2D eigenvalue weighted by Crippen LogP contribution is -2.06. The number of hydrogen-bond donors (Lipinski definition) is 0. The summed E-state index contributed by atoms with van der Waals surface area (Å²) in [6, 6.07) is 25.7. The molecule has 4 aromatic carbocycles. The first-order valence-electron chi connectivity index (χ1n) is 12.4. The first-order chi connectivity index (χ1) is 19.0. The van der Waals surface area contributed by atoms with Gasteiger partial charge >= 0.3 is 0 Å². The van der Waals surface area contributed by atoms with Gasteiger partial charge in [-0.25, -0.2) is 8.78 Å². The fraction of sp³-hybridized carbons (Fsp3) is 0.0909. The van der Waals surface area contributed by atoms with Crippen molar-refractivity contribution >= 4 is 23.7 Å². The minimum Gasteiger partial charge on any atom is -0.493 e. The van der Waals surface area contributed by atoms with Gasteiger partial charge in [0.25, 0.3) is 0 Å². The van der Waals surface area contributed by atoms with E-state index in [4.69, 9.17) is 9.47 Å². The van der Waals surface area contributed by atoms with Crippen LogP contribution in [0.15, 0.2) is 109 Å². The quantitative estimate of drug-likeness (QED) is 0.109. The summed E-state index contributed by atoms with van der Waals surface area (Å²) < 4.78 is 38.1. The van der Waals surface area contributed by atoms with E-state index in [2.05, 4.69) is 0 Å². The number of hydrogen-bond acceptors (Lipinski definition) is 4. The number of ketones is 2. The first-order valence-corrected chi connectivity index (χ1v) is 12.4. The van der Waals surface area contributed by atoms with Crippen molar-refractivity contribution in [2.24, 2.45) is 0 Å². The predicted octanol–water partition coefficient (Wildman–Crippen LogP) is 7.60. The van der Waals surface area contributed by atoms with Crippen molar-refractivity contribution in [2.75, 3.05) is 13.2 Å². The average molecular weight is 525 g/mol. The first kappa shape index (κ1) is 27.2. The largest absolute Gasteiger partial charge is 0.493 e. The minimum absolute atomic E-state index is 0.215. The standard InChI is InChI=1S/C33H26F2O4/c34-28-10-1-6-24(20-28)14-16-32(36)26-8-3-12-30(22-26)38-18-5-19-39-31-13-4-9-27(23-31)33(37)17-15-25-7-2-11-29(35)21-25/h1-4,6-17,20-23H,5,18-19H2/b16-14+,17-15+. The number of rotatable bonds is 12. The van der Waals surface area contributed by atoms with E-state index in [-0.39, 0.29) is 23.2 Å². The summed E-state index contributed by atoms with van der Waals surface area (Å²) in [6.07, 6.45) is 6.52. The molecule has 4 rings (SSSR count). The van der Waals surface area contributed by atoms with Gasteiger partial charge in [0.15, 0.2) is 11.6 Å². The summed E-state index contributed by atoms with van der Waals surface area (Å²) in [5.74, 6) is -0.0446. The molecule has 0 spiro atoms. The van der Waals surface area contributed by atoms with Crippen molar-refractivity contribution in [1.82, 2.24) is 0 Å². The second kappa shape index (κ2) is 13.6. The molecule has 0 aliphatic carbocycles. The highest BCUT2D eigenvalue weighted by Gasteiger charge is 2.06. The molecule has 0 bridgehead atoms. The van der Waals surface area contributed by atoms with E-state index in [1.54, 1.807) is 84.9 Å². The maximum Gasteiger partial charge on any atom is 0.185 e. The van der Waals surface area contributed by atoms with Crippen LogP contribution >= 0.6 is 0 Å². The molecule has 0 fully saturated rings. The predicted molar refractivity (Wildman–Crippen MR) is 148 cm³/mol. The van der Waals surface area contributed by atoms with Crippen molar-refractivity contribution in [3.8, 4) is 11.5 Å². The maximum atomic E-state index is 13.3. The van der Waals surface area contributed by atoms with Crippen LogP contribution in [-0.4, -0.2) is 24.8 Å². The zero-order valence-electron chi connectivity index (χ0n) is 21.1.